The lowest BCUT2D eigenvalue weighted by Crippen LogP contribution is -2.35. The van der Waals surface area contributed by atoms with E-state index in [-0.39, 0.29) is 25.0 Å². The molecule has 0 aliphatic rings. The number of amides is 1. The normalized spacial score (nSPS) is 12.2. The van der Waals surface area contributed by atoms with Crippen molar-refractivity contribution in [2.45, 2.75) is 27.2 Å². The van der Waals surface area contributed by atoms with Crippen LogP contribution in [0.3, 0.4) is 0 Å². The third-order valence-electron chi connectivity index (χ3n) is 4.92. The highest BCUT2D eigenvalue weighted by atomic mass is 16.5. The number of carbonyl (C=O) groups excluding carboxylic acids is 1. The molecule has 3 aromatic rings. The minimum absolute atomic E-state index is 0.00407. The summed E-state index contributed by atoms with van der Waals surface area (Å²) < 4.78 is 7.33. The zero-order valence-corrected chi connectivity index (χ0v) is 17.4. The van der Waals surface area contributed by atoms with Crippen LogP contribution in [0.15, 0.2) is 30.3 Å². The van der Waals surface area contributed by atoms with Crippen LogP contribution in [0, 0.1) is 26.7 Å². The van der Waals surface area contributed by atoms with Crippen LogP contribution in [-0.4, -0.2) is 45.5 Å². The van der Waals surface area contributed by atoms with Crippen molar-refractivity contribution in [1.29, 1.82) is 0 Å². The van der Waals surface area contributed by atoms with E-state index in [2.05, 4.69) is 15.4 Å². The van der Waals surface area contributed by atoms with Gasteiger partial charge < -0.3 is 15.2 Å². The first-order chi connectivity index (χ1) is 13.9. The molecule has 29 heavy (non-hydrogen) atoms. The van der Waals surface area contributed by atoms with Gasteiger partial charge in [0.1, 0.15) is 0 Å². The largest absolute Gasteiger partial charge is 0.466 e. The summed E-state index contributed by atoms with van der Waals surface area (Å²) in [4.78, 5) is 16.7. The molecule has 7 heteroatoms. The van der Waals surface area contributed by atoms with Crippen LogP contribution in [0.2, 0.25) is 0 Å². The molecule has 7 nitrogen and oxygen atoms in total. The molecule has 0 aliphatic carbocycles. The third kappa shape index (κ3) is 5.12. The average molecular weight is 396 g/mol. The van der Waals surface area contributed by atoms with E-state index < -0.39 is 0 Å². The van der Waals surface area contributed by atoms with Gasteiger partial charge in [-0.15, -0.1) is 5.10 Å². The number of aromatic nitrogens is 3. The molecule has 0 saturated heterocycles. The van der Waals surface area contributed by atoms with E-state index in [1.165, 1.54) is 5.56 Å². The summed E-state index contributed by atoms with van der Waals surface area (Å²) in [5.41, 5.74) is 4.98. The predicted octanol–water partition coefficient (Wildman–Crippen LogP) is 2.24. The fraction of sp³-hybridized carbons (Fsp3) is 0.409. The summed E-state index contributed by atoms with van der Waals surface area (Å²) in [6.07, 6.45) is 0.701. The minimum Gasteiger partial charge on any atom is -0.466 e. The highest BCUT2D eigenvalue weighted by Gasteiger charge is 2.16. The maximum atomic E-state index is 12.2. The van der Waals surface area contributed by atoms with E-state index in [0.717, 1.165) is 27.9 Å². The fourth-order valence-corrected chi connectivity index (χ4v) is 3.35. The number of carbonyl (C=O) groups is 1. The molecule has 1 unspecified atom stereocenters. The zero-order valence-electron chi connectivity index (χ0n) is 17.4. The third-order valence-corrected chi connectivity index (χ3v) is 4.92. The SMILES string of the molecule is Cc1ccc(CC(CO)CNC(=O)COc2nn(C)c3nc(C)cc(C)c23)cc1. The summed E-state index contributed by atoms with van der Waals surface area (Å²) in [6.45, 7) is 6.20. The molecule has 0 radical (unpaired) electrons. The minimum atomic E-state index is -0.246. The average Bonchev–Trinajstić information content (AvgIpc) is 3.01. The summed E-state index contributed by atoms with van der Waals surface area (Å²) in [7, 11) is 1.80. The zero-order chi connectivity index (χ0) is 21.0. The Morgan fingerprint density at radius 3 is 2.66 bits per heavy atom. The molecule has 0 fully saturated rings. The molecule has 154 valence electrons. The monoisotopic (exact) mass is 396 g/mol. The van der Waals surface area contributed by atoms with Crippen LogP contribution in [0.4, 0.5) is 0 Å². The van der Waals surface area contributed by atoms with Gasteiger partial charge in [-0.1, -0.05) is 29.8 Å². The Hall–Kier alpha value is -2.93. The molecule has 0 saturated carbocycles. The van der Waals surface area contributed by atoms with Crippen LogP contribution in [-0.2, 0) is 18.3 Å². The van der Waals surface area contributed by atoms with E-state index in [0.29, 0.717) is 18.8 Å². The maximum Gasteiger partial charge on any atom is 0.258 e. The molecule has 2 heterocycles. The van der Waals surface area contributed by atoms with Crippen LogP contribution in [0.25, 0.3) is 11.0 Å². The molecule has 0 spiro atoms. The Labute approximate surface area is 170 Å². The highest BCUT2D eigenvalue weighted by Crippen LogP contribution is 2.26. The van der Waals surface area contributed by atoms with Crippen molar-refractivity contribution in [3.8, 4) is 5.88 Å². The second kappa shape index (κ2) is 9.05. The smallest absolute Gasteiger partial charge is 0.258 e. The molecular weight excluding hydrogens is 368 g/mol. The van der Waals surface area contributed by atoms with Crippen molar-refractivity contribution < 1.29 is 14.6 Å². The maximum absolute atomic E-state index is 12.2. The number of rotatable bonds is 8. The van der Waals surface area contributed by atoms with Gasteiger partial charge in [0.2, 0.25) is 5.88 Å². The van der Waals surface area contributed by atoms with E-state index in [4.69, 9.17) is 4.74 Å². The summed E-state index contributed by atoms with van der Waals surface area (Å²) in [5.74, 6) is 0.108. The Kier molecular flexibility index (Phi) is 6.49. The van der Waals surface area contributed by atoms with E-state index in [9.17, 15) is 9.90 Å². The van der Waals surface area contributed by atoms with E-state index >= 15 is 0 Å². The van der Waals surface area contributed by atoms with Gasteiger partial charge >= 0.3 is 0 Å². The molecule has 1 aromatic carbocycles. The van der Waals surface area contributed by atoms with Crippen LogP contribution in [0.5, 0.6) is 5.88 Å². The van der Waals surface area contributed by atoms with Gasteiger partial charge in [0.15, 0.2) is 12.3 Å². The highest BCUT2D eigenvalue weighted by molar-refractivity contribution is 5.85. The topological polar surface area (TPSA) is 89.3 Å². The summed E-state index contributed by atoms with van der Waals surface area (Å²) in [5, 5.41) is 17.6. The number of benzene rings is 1. The number of aryl methyl sites for hydroxylation is 4. The van der Waals surface area contributed by atoms with Crippen molar-refractivity contribution in [2.24, 2.45) is 13.0 Å². The molecule has 1 atom stereocenters. The fourth-order valence-electron chi connectivity index (χ4n) is 3.35. The second-order valence-corrected chi connectivity index (χ2v) is 7.54. The molecule has 3 rings (SSSR count). The van der Waals surface area contributed by atoms with Crippen molar-refractivity contribution in [2.75, 3.05) is 19.8 Å². The van der Waals surface area contributed by atoms with Gasteiger partial charge in [-0.2, -0.15) is 0 Å². The van der Waals surface area contributed by atoms with Crippen LogP contribution >= 0.6 is 0 Å². The molecule has 2 N–H and O–H groups in total. The Balaban J connectivity index is 1.56. The molecule has 1 amide bonds. The first-order valence-electron chi connectivity index (χ1n) is 9.74. The van der Waals surface area contributed by atoms with Crippen LogP contribution < -0.4 is 10.1 Å². The summed E-state index contributed by atoms with van der Waals surface area (Å²) >= 11 is 0. The van der Waals surface area contributed by atoms with E-state index in [1.54, 1.807) is 11.7 Å². The number of aliphatic hydroxyl groups is 1. The molecular formula is C22H28N4O3. The number of nitrogens with one attached hydrogen (secondary N) is 1. The number of aliphatic hydroxyl groups excluding tert-OH is 1. The van der Waals surface area contributed by atoms with Crippen LogP contribution in [0.1, 0.15) is 22.4 Å². The lowest BCUT2D eigenvalue weighted by Gasteiger charge is -2.15. The Morgan fingerprint density at radius 1 is 1.24 bits per heavy atom. The Bertz CT molecular complexity index is 995. The van der Waals surface area contributed by atoms with Gasteiger partial charge in [0.05, 0.1) is 5.39 Å². The number of hydrogen-bond donors (Lipinski definition) is 2. The van der Waals surface area contributed by atoms with Crippen molar-refractivity contribution in [3.05, 3.63) is 52.7 Å². The Morgan fingerprint density at radius 2 is 1.97 bits per heavy atom. The number of fused-ring (bicyclic) bond motifs is 1. The first kappa shape index (κ1) is 20.8. The lowest BCUT2D eigenvalue weighted by molar-refractivity contribution is -0.123. The quantitative estimate of drug-likeness (QED) is 0.610. The van der Waals surface area contributed by atoms with Crippen molar-refractivity contribution >= 4 is 16.9 Å². The van der Waals surface area contributed by atoms with Gasteiger partial charge in [0.25, 0.3) is 5.91 Å². The number of pyridine rings is 1. The first-order valence-corrected chi connectivity index (χ1v) is 9.74. The van der Waals surface area contributed by atoms with Crippen molar-refractivity contribution in [1.82, 2.24) is 20.1 Å². The molecule has 0 bridgehead atoms. The van der Waals surface area contributed by atoms with Gasteiger partial charge in [-0.3, -0.25) is 4.79 Å². The van der Waals surface area contributed by atoms with Gasteiger partial charge in [0, 0.05) is 31.8 Å². The van der Waals surface area contributed by atoms with Gasteiger partial charge in [-0.25, -0.2) is 9.67 Å². The molecule has 2 aromatic heterocycles. The lowest BCUT2D eigenvalue weighted by atomic mass is 9.99. The van der Waals surface area contributed by atoms with Gasteiger partial charge in [-0.05, 0) is 44.4 Å². The van der Waals surface area contributed by atoms with Crippen molar-refractivity contribution in [3.63, 3.8) is 0 Å². The number of ether oxygens (including phenoxy) is 1. The number of hydrogen-bond acceptors (Lipinski definition) is 5. The van der Waals surface area contributed by atoms with E-state index in [1.807, 2.05) is 51.1 Å². The predicted molar refractivity (Wildman–Crippen MR) is 112 cm³/mol. The summed E-state index contributed by atoms with van der Waals surface area (Å²) in [6, 6.07) is 10.2. The second-order valence-electron chi connectivity index (χ2n) is 7.54. The standard InChI is InChI=1S/C22H28N4O3/c1-14-5-7-17(8-6-14)10-18(12-27)11-23-19(28)13-29-22-20-15(2)9-16(3)24-21(20)26(4)25-22/h5-9,18,27H,10-13H2,1-4H3,(H,23,28). The number of nitrogens with zero attached hydrogens (tertiary/aromatic N) is 3. The molecule has 0 aliphatic heterocycles.